The summed E-state index contributed by atoms with van der Waals surface area (Å²) in [6.45, 7) is 7.95. The number of benzene rings is 1. The van der Waals surface area contributed by atoms with Crippen LogP contribution in [0.3, 0.4) is 0 Å². The molecule has 2 rings (SSSR count). The summed E-state index contributed by atoms with van der Waals surface area (Å²) in [6.07, 6.45) is 0. The number of nitrogens with zero attached hydrogens (tertiary/aromatic N) is 3. The van der Waals surface area contributed by atoms with Crippen LogP contribution in [-0.2, 0) is 13.1 Å². The highest BCUT2D eigenvalue weighted by molar-refractivity contribution is 14.0. The van der Waals surface area contributed by atoms with Crippen LogP contribution >= 0.6 is 24.0 Å². The van der Waals surface area contributed by atoms with Crippen LogP contribution in [0.5, 0.6) is 0 Å². The van der Waals surface area contributed by atoms with E-state index >= 15 is 0 Å². The van der Waals surface area contributed by atoms with Gasteiger partial charge in [0.15, 0.2) is 11.7 Å². The van der Waals surface area contributed by atoms with Gasteiger partial charge in [0.2, 0.25) is 0 Å². The lowest BCUT2D eigenvalue weighted by Gasteiger charge is -2.09. The SMILES string of the molecule is CCNC(=NCc1cccc(C#N)c1)NCc1cc(C(C)C)no1.I. The van der Waals surface area contributed by atoms with Crippen molar-refractivity contribution in [2.75, 3.05) is 6.54 Å². The Morgan fingerprint density at radius 1 is 1.32 bits per heavy atom. The second-order valence-corrected chi connectivity index (χ2v) is 5.73. The quantitative estimate of drug-likeness (QED) is 0.397. The molecule has 0 fully saturated rings. The minimum Gasteiger partial charge on any atom is -0.359 e. The number of hydrogen-bond donors (Lipinski definition) is 2. The molecule has 0 radical (unpaired) electrons. The normalized spacial score (nSPS) is 10.9. The molecule has 0 bridgehead atoms. The highest BCUT2D eigenvalue weighted by Crippen LogP contribution is 2.13. The molecule has 1 heterocycles. The van der Waals surface area contributed by atoms with Crippen molar-refractivity contribution in [3.05, 3.63) is 52.9 Å². The van der Waals surface area contributed by atoms with Gasteiger partial charge >= 0.3 is 0 Å². The van der Waals surface area contributed by atoms with Gasteiger partial charge in [0.1, 0.15) is 0 Å². The van der Waals surface area contributed by atoms with Crippen LogP contribution < -0.4 is 10.6 Å². The summed E-state index contributed by atoms with van der Waals surface area (Å²) >= 11 is 0. The lowest BCUT2D eigenvalue weighted by Crippen LogP contribution is -2.36. The first-order chi connectivity index (χ1) is 11.6. The van der Waals surface area contributed by atoms with Crippen LogP contribution in [-0.4, -0.2) is 17.7 Å². The molecule has 0 unspecified atom stereocenters. The molecule has 7 heteroatoms. The first-order valence-electron chi connectivity index (χ1n) is 8.09. The molecule has 0 atom stereocenters. The molecule has 0 amide bonds. The largest absolute Gasteiger partial charge is 0.359 e. The highest BCUT2D eigenvalue weighted by atomic mass is 127. The van der Waals surface area contributed by atoms with Gasteiger partial charge in [-0.3, -0.25) is 0 Å². The summed E-state index contributed by atoms with van der Waals surface area (Å²) in [5.41, 5.74) is 2.58. The Kier molecular flexibility index (Phi) is 8.99. The summed E-state index contributed by atoms with van der Waals surface area (Å²) in [6, 6.07) is 11.5. The molecular formula is C18H24IN5O. The van der Waals surface area contributed by atoms with E-state index in [9.17, 15) is 0 Å². The first kappa shape index (κ1) is 21.0. The van der Waals surface area contributed by atoms with Crippen LogP contribution in [0, 0.1) is 11.3 Å². The molecule has 0 aliphatic carbocycles. The van der Waals surface area contributed by atoms with Gasteiger partial charge in [0, 0.05) is 12.6 Å². The lowest BCUT2D eigenvalue weighted by molar-refractivity contribution is 0.372. The maximum Gasteiger partial charge on any atom is 0.191 e. The van der Waals surface area contributed by atoms with Gasteiger partial charge in [0.05, 0.1) is 30.4 Å². The van der Waals surface area contributed by atoms with Gasteiger partial charge < -0.3 is 15.2 Å². The van der Waals surface area contributed by atoms with E-state index in [1.165, 1.54) is 0 Å². The number of nitrogens with one attached hydrogen (secondary N) is 2. The van der Waals surface area contributed by atoms with E-state index in [0.717, 1.165) is 23.6 Å². The molecule has 0 aliphatic rings. The monoisotopic (exact) mass is 453 g/mol. The predicted octanol–water partition coefficient (Wildman–Crippen LogP) is 3.54. The van der Waals surface area contributed by atoms with Crippen molar-refractivity contribution in [1.82, 2.24) is 15.8 Å². The van der Waals surface area contributed by atoms with Gasteiger partial charge in [-0.05, 0) is 30.5 Å². The van der Waals surface area contributed by atoms with Crippen LogP contribution in [0.4, 0.5) is 0 Å². The Morgan fingerprint density at radius 3 is 2.76 bits per heavy atom. The zero-order chi connectivity index (χ0) is 17.4. The van der Waals surface area contributed by atoms with E-state index in [-0.39, 0.29) is 24.0 Å². The van der Waals surface area contributed by atoms with Crippen molar-refractivity contribution in [2.24, 2.45) is 4.99 Å². The van der Waals surface area contributed by atoms with Crippen molar-refractivity contribution in [2.45, 2.75) is 39.8 Å². The van der Waals surface area contributed by atoms with Crippen molar-refractivity contribution in [1.29, 1.82) is 5.26 Å². The Morgan fingerprint density at radius 2 is 2.12 bits per heavy atom. The Labute approximate surface area is 165 Å². The maximum absolute atomic E-state index is 8.95. The first-order valence-corrected chi connectivity index (χ1v) is 8.09. The fraction of sp³-hybridized carbons (Fsp3) is 0.389. The van der Waals surface area contributed by atoms with E-state index in [1.54, 1.807) is 6.07 Å². The average Bonchev–Trinajstić information content (AvgIpc) is 3.07. The van der Waals surface area contributed by atoms with E-state index in [1.807, 2.05) is 31.2 Å². The van der Waals surface area contributed by atoms with Crippen molar-refractivity contribution in [3.63, 3.8) is 0 Å². The molecule has 1 aromatic heterocycles. The zero-order valence-electron chi connectivity index (χ0n) is 14.7. The summed E-state index contributed by atoms with van der Waals surface area (Å²) < 4.78 is 5.32. The second kappa shape index (κ2) is 10.7. The number of aliphatic imine (C=N–C) groups is 1. The summed E-state index contributed by atoms with van der Waals surface area (Å²) in [7, 11) is 0. The molecule has 2 N–H and O–H groups in total. The minimum atomic E-state index is 0. The molecule has 0 saturated heterocycles. The second-order valence-electron chi connectivity index (χ2n) is 5.73. The lowest BCUT2D eigenvalue weighted by atomic mass is 10.1. The molecule has 2 aromatic rings. The topological polar surface area (TPSA) is 86.2 Å². The third kappa shape index (κ3) is 6.74. The molecule has 0 spiro atoms. The summed E-state index contributed by atoms with van der Waals surface area (Å²) in [4.78, 5) is 4.54. The van der Waals surface area contributed by atoms with Gasteiger partial charge in [-0.15, -0.1) is 24.0 Å². The molecule has 1 aromatic carbocycles. The highest BCUT2D eigenvalue weighted by Gasteiger charge is 2.08. The Balaban J connectivity index is 0.00000312. The third-order valence-electron chi connectivity index (χ3n) is 3.42. The van der Waals surface area contributed by atoms with E-state index < -0.39 is 0 Å². The van der Waals surface area contributed by atoms with Crippen LogP contribution in [0.2, 0.25) is 0 Å². The zero-order valence-corrected chi connectivity index (χ0v) is 17.1. The van der Waals surface area contributed by atoms with Crippen LogP contribution in [0.1, 0.15) is 49.3 Å². The number of aromatic nitrogens is 1. The van der Waals surface area contributed by atoms with Gasteiger partial charge in [-0.2, -0.15) is 5.26 Å². The fourth-order valence-corrected chi connectivity index (χ4v) is 2.11. The van der Waals surface area contributed by atoms with Crippen molar-refractivity contribution in [3.8, 4) is 6.07 Å². The molecule has 25 heavy (non-hydrogen) atoms. The number of guanidine groups is 1. The minimum absolute atomic E-state index is 0. The molecule has 0 saturated carbocycles. The standard InChI is InChI=1S/C18H23N5O.HI/c1-4-20-18(21-11-15-7-5-6-14(8-15)10-19)22-12-16-9-17(13(2)3)23-24-16;/h5-9,13H,4,11-12H2,1-3H3,(H2,20,21,22);1H. The number of halogens is 1. The predicted molar refractivity (Wildman–Crippen MR) is 109 cm³/mol. The summed E-state index contributed by atoms with van der Waals surface area (Å²) in [5.74, 6) is 1.81. The van der Waals surface area contributed by atoms with E-state index in [0.29, 0.717) is 30.5 Å². The smallest absolute Gasteiger partial charge is 0.191 e. The van der Waals surface area contributed by atoms with Crippen LogP contribution in [0.25, 0.3) is 0 Å². The number of rotatable bonds is 6. The Hall–Kier alpha value is -2.08. The van der Waals surface area contributed by atoms with E-state index in [4.69, 9.17) is 9.78 Å². The van der Waals surface area contributed by atoms with E-state index in [2.05, 4.69) is 40.7 Å². The number of nitriles is 1. The maximum atomic E-state index is 8.95. The van der Waals surface area contributed by atoms with Crippen LogP contribution in [0.15, 0.2) is 39.8 Å². The van der Waals surface area contributed by atoms with Gasteiger partial charge in [-0.25, -0.2) is 4.99 Å². The molecular weight excluding hydrogens is 429 g/mol. The van der Waals surface area contributed by atoms with Crippen molar-refractivity contribution >= 4 is 29.9 Å². The number of hydrogen-bond acceptors (Lipinski definition) is 4. The average molecular weight is 453 g/mol. The fourth-order valence-electron chi connectivity index (χ4n) is 2.11. The third-order valence-corrected chi connectivity index (χ3v) is 3.42. The van der Waals surface area contributed by atoms with Crippen molar-refractivity contribution < 1.29 is 4.52 Å². The van der Waals surface area contributed by atoms with Gasteiger partial charge in [-0.1, -0.05) is 31.1 Å². The van der Waals surface area contributed by atoms with Gasteiger partial charge in [0.25, 0.3) is 0 Å². The Bertz CT molecular complexity index is 733. The molecule has 0 aliphatic heterocycles. The summed E-state index contributed by atoms with van der Waals surface area (Å²) in [5, 5.41) is 19.4. The molecule has 134 valence electrons. The molecule has 6 nitrogen and oxygen atoms in total.